The third kappa shape index (κ3) is 3.24. The van der Waals surface area contributed by atoms with E-state index in [2.05, 4.69) is 4.90 Å². The summed E-state index contributed by atoms with van der Waals surface area (Å²) >= 11 is 0. The van der Waals surface area contributed by atoms with Gasteiger partial charge in [0.1, 0.15) is 0 Å². The van der Waals surface area contributed by atoms with E-state index in [1.165, 1.54) is 18.6 Å². The summed E-state index contributed by atoms with van der Waals surface area (Å²) in [4.78, 5) is 2.38. The molecule has 116 valence electrons. The summed E-state index contributed by atoms with van der Waals surface area (Å²) in [5.41, 5.74) is 6.28. The van der Waals surface area contributed by atoms with Gasteiger partial charge >= 0.3 is 6.18 Å². The fraction of sp³-hybridized carbons (Fsp3) is 0.625. The topological polar surface area (TPSA) is 29.3 Å². The summed E-state index contributed by atoms with van der Waals surface area (Å²) in [6.07, 6.45) is 1.11. The molecule has 2 nitrogen and oxygen atoms in total. The average Bonchev–Trinajstić information content (AvgIpc) is 2.39. The molecular weight excluding hydrogens is 277 g/mol. The number of rotatable bonds is 2. The second-order valence-electron chi connectivity index (χ2n) is 6.34. The Labute approximate surface area is 123 Å². The van der Waals surface area contributed by atoms with Crippen molar-refractivity contribution < 1.29 is 13.2 Å². The van der Waals surface area contributed by atoms with Crippen LogP contribution in [0, 0.1) is 0 Å². The van der Waals surface area contributed by atoms with Gasteiger partial charge in [0.2, 0.25) is 0 Å². The maximum absolute atomic E-state index is 12.8. The molecule has 2 saturated heterocycles. The first-order chi connectivity index (χ1) is 9.93. The zero-order chi connectivity index (χ0) is 15.0. The van der Waals surface area contributed by atoms with Crippen LogP contribution in [0.1, 0.15) is 43.2 Å². The number of nitrogens with two attached hydrogens (primary N) is 1. The molecule has 2 atom stereocenters. The summed E-state index contributed by atoms with van der Waals surface area (Å²) in [5.74, 6) is 0. The number of alkyl halides is 3. The molecule has 3 rings (SSSR count). The minimum Gasteiger partial charge on any atom is -0.328 e. The quantitative estimate of drug-likeness (QED) is 0.904. The van der Waals surface area contributed by atoms with Gasteiger partial charge in [-0.25, -0.2) is 0 Å². The summed E-state index contributed by atoms with van der Waals surface area (Å²) in [7, 11) is 0. The summed E-state index contributed by atoms with van der Waals surface area (Å²) in [6.45, 7) is 0.603. The predicted molar refractivity (Wildman–Crippen MR) is 75.6 cm³/mol. The van der Waals surface area contributed by atoms with Gasteiger partial charge in [0.15, 0.2) is 0 Å². The molecule has 2 heterocycles. The van der Waals surface area contributed by atoms with Crippen LogP contribution in [-0.4, -0.2) is 23.0 Å². The van der Waals surface area contributed by atoms with E-state index >= 15 is 0 Å². The van der Waals surface area contributed by atoms with E-state index in [1.54, 1.807) is 6.07 Å². The Balaban J connectivity index is 1.77. The first-order valence-electron chi connectivity index (χ1n) is 7.61. The normalized spacial score (nSPS) is 30.4. The lowest BCUT2D eigenvalue weighted by Gasteiger charge is -2.48. The lowest BCUT2D eigenvalue weighted by Crippen LogP contribution is -2.54. The smallest absolute Gasteiger partial charge is 0.328 e. The fourth-order valence-electron chi connectivity index (χ4n) is 3.84. The monoisotopic (exact) mass is 298 g/mol. The van der Waals surface area contributed by atoms with Gasteiger partial charge in [0, 0.05) is 24.7 Å². The lowest BCUT2D eigenvalue weighted by atomic mass is 9.82. The van der Waals surface area contributed by atoms with Crippen LogP contribution in [0.25, 0.3) is 0 Å². The van der Waals surface area contributed by atoms with Crippen LogP contribution in [0.4, 0.5) is 13.2 Å². The number of piperidine rings is 2. The third-order valence-corrected chi connectivity index (χ3v) is 4.78. The van der Waals surface area contributed by atoms with Crippen molar-refractivity contribution in [2.75, 3.05) is 0 Å². The second-order valence-corrected chi connectivity index (χ2v) is 6.34. The van der Waals surface area contributed by atoms with Crippen LogP contribution in [0.5, 0.6) is 0 Å². The number of hydrogen-bond acceptors (Lipinski definition) is 2. The van der Waals surface area contributed by atoms with Crippen molar-refractivity contribution in [2.45, 2.75) is 63.0 Å². The van der Waals surface area contributed by atoms with Gasteiger partial charge in [-0.3, -0.25) is 4.90 Å². The second kappa shape index (κ2) is 5.61. The Bertz CT molecular complexity index is 487. The predicted octanol–water partition coefficient (Wildman–Crippen LogP) is 3.55. The van der Waals surface area contributed by atoms with Crippen molar-refractivity contribution in [1.29, 1.82) is 0 Å². The van der Waals surface area contributed by atoms with Crippen LogP contribution in [-0.2, 0) is 12.7 Å². The van der Waals surface area contributed by atoms with E-state index in [1.807, 2.05) is 0 Å². The van der Waals surface area contributed by atoms with Crippen LogP contribution in [0.3, 0.4) is 0 Å². The van der Waals surface area contributed by atoms with Crippen LogP contribution < -0.4 is 5.73 Å². The first-order valence-corrected chi connectivity index (χ1v) is 7.61. The summed E-state index contributed by atoms with van der Waals surface area (Å²) < 4.78 is 38.4. The van der Waals surface area contributed by atoms with Crippen LogP contribution in [0.15, 0.2) is 24.3 Å². The standard InChI is InChI=1S/C16H21F3N2/c17-16(18,19)12-4-1-3-11(7-12)10-21-14-5-2-6-15(21)9-13(20)8-14/h1,3-4,7,13-15H,2,5-6,8-10,20H2. The number of benzene rings is 1. The molecule has 0 radical (unpaired) electrons. The summed E-state index contributed by atoms with van der Waals surface area (Å²) in [5, 5.41) is 0. The van der Waals surface area contributed by atoms with Gasteiger partial charge in [-0.15, -0.1) is 0 Å². The van der Waals surface area contributed by atoms with Crippen LogP contribution >= 0.6 is 0 Å². The van der Waals surface area contributed by atoms with Crippen molar-refractivity contribution in [3.63, 3.8) is 0 Å². The van der Waals surface area contributed by atoms with Crippen molar-refractivity contribution in [3.8, 4) is 0 Å². The highest BCUT2D eigenvalue weighted by Gasteiger charge is 2.37. The van der Waals surface area contributed by atoms with E-state index in [0.717, 1.165) is 37.3 Å². The maximum Gasteiger partial charge on any atom is 0.416 e. The average molecular weight is 298 g/mol. The Morgan fingerprint density at radius 2 is 1.81 bits per heavy atom. The molecule has 2 N–H and O–H groups in total. The SMILES string of the molecule is NC1CC2CCCC(C1)N2Cc1cccc(C(F)(F)F)c1. The van der Waals surface area contributed by atoms with Crippen molar-refractivity contribution in [2.24, 2.45) is 5.73 Å². The highest BCUT2D eigenvalue weighted by atomic mass is 19.4. The van der Waals surface area contributed by atoms with Gasteiger partial charge in [-0.1, -0.05) is 24.6 Å². The fourth-order valence-corrected chi connectivity index (χ4v) is 3.84. The molecule has 0 aromatic heterocycles. The molecule has 21 heavy (non-hydrogen) atoms. The Kier molecular flexibility index (Phi) is 3.97. The van der Waals surface area contributed by atoms with Gasteiger partial charge < -0.3 is 5.73 Å². The van der Waals surface area contributed by atoms with Crippen molar-refractivity contribution >= 4 is 0 Å². The zero-order valence-electron chi connectivity index (χ0n) is 11.9. The van der Waals surface area contributed by atoms with Crippen molar-refractivity contribution in [1.82, 2.24) is 4.90 Å². The van der Waals surface area contributed by atoms with E-state index in [9.17, 15) is 13.2 Å². The highest BCUT2D eigenvalue weighted by Crippen LogP contribution is 2.35. The van der Waals surface area contributed by atoms with E-state index in [0.29, 0.717) is 18.6 Å². The number of halogens is 3. The molecule has 5 heteroatoms. The molecule has 2 unspecified atom stereocenters. The summed E-state index contributed by atoms with van der Waals surface area (Å²) in [6, 6.07) is 6.83. The minimum atomic E-state index is -4.27. The molecule has 2 bridgehead atoms. The van der Waals surface area contributed by atoms with E-state index in [4.69, 9.17) is 5.73 Å². The maximum atomic E-state index is 12.8. The number of hydrogen-bond donors (Lipinski definition) is 1. The molecule has 2 aliphatic rings. The Morgan fingerprint density at radius 3 is 2.43 bits per heavy atom. The van der Waals surface area contributed by atoms with Gasteiger partial charge in [0.25, 0.3) is 0 Å². The molecule has 0 saturated carbocycles. The first kappa shape index (κ1) is 14.9. The molecule has 2 fully saturated rings. The van der Waals surface area contributed by atoms with Crippen molar-refractivity contribution in [3.05, 3.63) is 35.4 Å². The highest BCUT2D eigenvalue weighted by molar-refractivity contribution is 5.26. The Morgan fingerprint density at radius 1 is 1.14 bits per heavy atom. The molecule has 1 aromatic carbocycles. The van der Waals surface area contributed by atoms with Crippen LogP contribution in [0.2, 0.25) is 0 Å². The third-order valence-electron chi connectivity index (χ3n) is 4.78. The van der Waals surface area contributed by atoms with E-state index in [-0.39, 0.29) is 6.04 Å². The molecule has 0 amide bonds. The van der Waals surface area contributed by atoms with Gasteiger partial charge in [-0.2, -0.15) is 13.2 Å². The minimum absolute atomic E-state index is 0.248. The van der Waals surface area contributed by atoms with E-state index < -0.39 is 11.7 Å². The molecule has 0 aliphatic carbocycles. The lowest BCUT2D eigenvalue weighted by molar-refractivity contribution is -0.137. The van der Waals surface area contributed by atoms with Gasteiger partial charge in [0.05, 0.1) is 5.56 Å². The molecule has 0 spiro atoms. The number of fused-ring (bicyclic) bond motifs is 2. The Hall–Kier alpha value is -1.07. The molecule has 1 aromatic rings. The largest absolute Gasteiger partial charge is 0.416 e. The number of nitrogens with zero attached hydrogens (tertiary/aromatic N) is 1. The molecule has 2 aliphatic heterocycles. The zero-order valence-corrected chi connectivity index (χ0v) is 11.9. The van der Waals surface area contributed by atoms with Gasteiger partial charge in [-0.05, 0) is 37.3 Å². The molecular formula is C16H21F3N2.